The van der Waals surface area contributed by atoms with Gasteiger partial charge in [-0.15, -0.1) is 0 Å². The third-order valence-electron chi connectivity index (χ3n) is 2.66. The van der Waals surface area contributed by atoms with Crippen LogP contribution in [0.25, 0.3) is 0 Å². The average molecular weight is 238 g/mol. The number of aromatic nitrogens is 2. The number of nitriles is 1. The summed E-state index contributed by atoms with van der Waals surface area (Å²) in [5, 5.41) is 8.71. The number of aryl methyl sites for hydroxylation is 1. The topological polar surface area (TPSA) is 52.8 Å². The van der Waals surface area contributed by atoms with Gasteiger partial charge in [0.1, 0.15) is 6.07 Å². The fourth-order valence-corrected chi connectivity index (χ4v) is 1.79. The number of hydrogen-bond donors (Lipinski definition) is 0. The summed E-state index contributed by atoms with van der Waals surface area (Å²) < 4.78 is 0. The maximum atomic E-state index is 8.71. The lowest BCUT2D eigenvalue weighted by Gasteiger charge is -2.21. The summed E-state index contributed by atoms with van der Waals surface area (Å²) in [5.41, 5.74) is 2.61. The highest BCUT2D eigenvalue weighted by atomic mass is 15.2. The Kier molecular flexibility index (Phi) is 3.54. The van der Waals surface area contributed by atoms with Gasteiger partial charge >= 0.3 is 0 Å². The molecule has 18 heavy (non-hydrogen) atoms. The second-order valence-corrected chi connectivity index (χ2v) is 3.95. The van der Waals surface area contributed by atoms with E-state index < -0.39 is 0 Å². The molecule has 0 aliphatic rings. The van der Waals surface area contributed by atoms with E-state index in [4.69, 9.17) is 5.26 Å². The van der Waals surface area contributed by atoms with E-state index >= 15 is 0 Å². The molecule has 1 heterocycles. The lowest BCUT2D eigenvalue weighted by atomic mass is 10.2. The number of nitrogens with zero attached hydrogens (tertiary/aromatic N) is 4. The molecule has 0 bridgehead atoms. The third kappa shape index (κ3) is 2.46. The van der Waals surface area contributed by atoms with Crippen LogP contribution in [0.15, 0.2) is 36.7 Å². The number of anilines is 2. The van der Waals surface area contributed by atoms with Gasteiger partial charge in [0.25, 0.3) is 0 Å². The van der Waals surface area contributed by atoms with Gasteiger partial charge in [0, 0.05) is 12.2 Å². The summed E-state index contributed by atoms with van der Waals surface area (Å²) in [4.78, 5) is 10.4. The molecule has 90 valence electrons. The molecular formula is C14H14N4. The van der Waals surface area contributed by atoms with Crippen molar-refractivity contribution >= 4 is 11.5 Å². The summed E-state index contributed by atoms with van der Waals surface area (Å²) in [7, 11) is 0. The Morgan fingerprint density at radius 3 is 2.67 bits per heavy atom. The Bertz CT molecular complexity index is 569. The maximum Gasteiger partial charge on any atom is 0.158 e. The molecule has 0 saturated carbocycles. The molecule has 1 aromatic heterocycles. The molecule has 0 aliphatic heterocycles. The molecule has 2 aromatic rings. The first-order chi connectivity index (χ1) is 8.74. The minimum absolute atomic E-state index is 0.332. The first-order valence-corrected chi connectivity index (χ1v) is 5.81. The summed E-state index contributed by atoms with van der Waals surface area (Å²) in [6.45, 7) is 4.91. The average Bonchev–Trinajstić information content (AvgIpc) is 2.40. The van der Waals surface area contributed by atoms with Crippen LogP contribution in [0.5, 0.6) is 0 Å². The van der Waals surface area contributed by atoms with Gasteiger partial charge in [-0.05, 0) is 31.5 Å². The van der Waals surface area contributed by atoms with Gasteiger partial charge in [0.05, 0.1) is 12.4 Å². The molecule has 0 unspecified atom stereocenters. The molecule has 4 heteroatoms. The van der Waals surface area contributed by atoms with Crippen LogP contribution in [0.4, 0.5) is 11.5 Å². The van der Waals surface area contributed by atoms with E-state index in [0.717, 1.165) is 18.1 Å². The highest BCUT2D eigenvalue weighted by molar-refractivity contribution is 5.59. The second-order valence-electron chi connectivity index (χ2n) is 3.95. The van der Waals surface area contributed by atoms with Gasteiger partial charge in [-0.2, -0.15) is 5.26 Å². The van der Waals surface area contributed by atoms with E-state index in [1.54, 1.807) is 6.20 Å². The first-order valence-electron chi connectivity index (χ1n) is 5.81. The van der Waals surface area contributed by atoms with E-state index in [2.05, 4.69) is 40.8 Å². The summed E-state index contributed by atoms with van der Waals surface area (Å²) in [5.74, 6) is 0.752. The zero-order chi connectivity index (χ0) is 13.0. The fourth-order valence-electron chi connectivity index (χ4n) is 1.79. The van der Waals surface area contributed by atoms with E-state index in [-0.39, 0.29) is 0 Å². The van der Waals surface area contributed by atoms with Crippen molar-refractivity contribution in [3.8, 4) is 6.07 Å². The van der Waals surface area contributed by atoms with E-state index in [9.17, 15) is 0 Å². The molecule has 4 nitrogen and oxygen atoms in total. The van der Waals surface area contributed by atoms with Crippen LogP contribution in [0.2, 0.25) is 0 Å². The van der Waals surface area contributed by atoms with Crippen LogP contribution < -0.4 is 4.90 Å². The molecular weight excluding hydrogens is 224 g/mol. The zero-order valence-electron chi connectivity index (χ0n) is 10.5. The third-order valence-corrected chi connectivity index (χ3v) is 2.66. The molecule has 0 fully saturated rings. The van der Waals surface area contributed by atoms with E-state index in [1.807, 2.05) is 18.2 Å². The molecule has 0 spiro atoms. The summed E-state index contributed by atoms with van der Waals surface area (Å²) in [6, 6.07) is 10.2. The maximum absolute atomic E-state index is 8.71. The highest BCUT2D eigenvalue weighted by Gasteiger charge is 2.09. The Balaban J connectivity index is 2.36. The van der Waals surface area contributed by atoms with Crippen LogP contribution in [-0.2, 0) is 0 Å². The van der Waals surface area contributed by atoms with Crippen molar-refractivity contribution in [1.29, 1.82) is 5.26 Å². The van der Waals surface area contributed by atoms with Crippen molar-refractivity contribution in [1.82, 2.24) is 9.97 Å². The van der Waals surface area contributed by atoms with Crippen molar-refractivity contribution in [3.63, 3.8) is 0 Å². The van der Waals surface area contributed by atoms with Gasteiger partial charge in [0.15, 0.2) is 11.5 Å². The zero-order valence-corrected chi connectivity index (χ0v) is 10.5. The predicted molar refractivity (Wildman–Crippen MR) is 70.6 cm³/mol. The molecule has 0 N–H and O–H groups in total. The van der Waals surface area contributed by atoms with Crippen LogP contribution in [0.3, 0.4) is 0 Å². The standard InChI is InChI=1S/C14H14N4/c1-3-18(13-6-4-5-11(2)7-13)14-10-16-12(8-15)9-17-14/h4-7,9-10H,3H2,1-2H3. The van der Waals surface area contributed by atoms with Gasteiger partial charge < -0.3 is 4.90 Å². The van der Waals surface area contributed by atoms with Crippen molar-refractivity contribution in [2.45, 2.75) is 13.8 Å². The van der Waals surface area contributed by atoms with Crippen molar-refractivity contribution in [3.05, 3.63) is 47.9 Å². The van der Waals surface area contributed by atoms with Crippen LogP contribution >= 0.6 is 0 Å². The smallest absolute Gasteiger partial charge is 0.158 e. The van der Waals surface area contributed by atoms with Crippen molar-refractivity contribution < 1.29 is 0 Å². The lowest BCUT2D eigenvalue weighted by Crippen LogP contribution is -2.17. The number of rotatable bonds is 3. The van der Waals surface area contributed by atoms with Crippen LogP contribution in [-0.4, -0.2) is 16.5 Å². The minimum Gasteiger partial charge on any atom is -0.325 e. The normalized spacial score (nSPS) is 9.83. The monoisotopic (exact) mass is 238 g/mol. The molecule has 0 saturated heterocycles. The molecule has 0 aliphatic carbocycles. The predicted octanol–water partition coefficient (Wildman–Crippen LogP) is 2.81. The quantitative estimate of drug-likeness (QED) is 0.825. The summed E-state index contributed by atoms with van der Waals surface area (Å²) in [6.07, 6.45) is 3.12. The molecule has 0 radical (unpaired) electrons. The molecule has 1 aromatic carbocycles. The molecule has 0 amide bonds. The molecule has 2 rings (SSSR count). The number of benzene rings is 1. The lowest BCUT2D eigenvalue weighted by molar-refractivity contribution is 0.971. The van der Waals surface area contributed by atoms with Gasteiger partial charge in [-0.1, -0.05) is 12.1 Å². The van der Waals surface area contributed by atoms with Gasteiger partial charge in [-0.25, -0.2) is 9.97 Å². The molecule has 0 atom stereocenters. The first kappa shape index (κ1) is 12.1. The Hall–Kier alpha value is -2.41. The highest BCUT2D eigenvalue weighted by Crippen LogP contribution is 2.23. The van der Waals surface area contributed by atoms with E-state index in [1.165, 1.54) is 11.8 Å². The largest absolute Gasteiger partial charge is 0.325 e. The second kappa shape index (κ2) is 5.28. The van der Waals surface area contributed by atoms with Crippen molar-refractivity contribution in [2.24, 2.45) is 0 Å². The van der Waals surface area contributed by atoms with Crippen LogP contribution in [0, 0.1) is 18.3 Å². The van der Waals surface area contributed by atoms with Crippen LogP contribution in [0.1, 0.15) is 18.2 Å². The minimum atomic E-state index is 0.332. The van der Waals surface area contributed by atoms with Crippen molar-refractivity contribution in [2.75, 3.05) is 11.4 Å². The van der Waals surface area contributed by atoms with Gasteiger partial charge in [0.2, 0.25) is 0 Å². The van der Waals surface area contributed by atoms with Gasteiger partial charge in [-0.3, -0.25) is 0 Å². The SMILES string of the molecule is CCN(c1cccc(C)c1)c1cnc(C#N)cn1. The Morgan fingerprint density at radius 1 is 1.28 bits per heavy atom. The Labute approximate surface area is 107 Å². The summed E-state index contributed by atoms with van der Waals surface area (Å²) >= 11 is 0. The van der Waals surface area contributed by atoms with E-state index in [0.29, 0.717) is 5.69 Å². The number of hydrogen-bond acceptors (Lipinski definition) is 4. The fraction of sp³-hybridized carbons (Fsp3) is 0.214. The Morgan fingerprint density at radius 2 is 2.11 bits per heavy atom.